The lowest BCUT2D eigenvalue weighted by atomic mass is 10.1. The van der Waals surface area contributed by atoms with Crippen molar-refractivity contribution < 1.29 is 9.53 Å². The number of thiophene rings is 1. The third kappa shape index (κ3) is 4.78. The van der Waals surface area contributed by atoms with Crippen LogP contribution in [0.2, 0.25) is 0 Å². The number of ether oxygens (including phenoxy) is 1. The minimum atomic E-state index is -0.0444. The number of likely N-dealkylation sites (N-methyl/N-ethyl adjacent to an activating group) is 1. The number of hydrogen-bond donors (Lipinski definition) is 2. The first-order valence-electron chi connectivity index (χ1n) is 12.2. The van der Waals surface area contributed by atoms with Crippen molar-refractivity contribution in [1.29, 1.82) is 0 Å². The number of aromatic nitrogens is 4. The molecule has 0 spiro atoms. The molecule has 3 aromatic heterocycles. The number of amides is 1. The second-order valence-electron chi connectivity index (χ2n) is 9.30. The number of carbonyl (C=O) groups excluding carboxylic acids is 1. The summed E-state index contributed by atoms with van der Waals surface area (Å²) < 4.78 is 6.65. The van der Waals surface area contributed by atoms with E-state index in [1.165, 1.54) is 0 Å². The van der Waals surface area contributed by atoms with Gasteiger partial charge in [-0.3, -0.25) is 9.89 Å². The third-order valence-corrected chi connectivity index (χ3v) is 7.45. The van der Waals surface area contributed by atoms with Crippen molar-refractivity contribution in [3.05, 3.63) is 54.7 Å². The minimum absolute atomic E-state index is 0.0444. The molecule has 188 valence electrons. The van der Waals surface area contributed by atoms with Crippen LogP contribution in [0.25, 0.3) is 42.9 Å². The first-order chi connectivity index (χ1) is 18.0. The zero-order valence-corrected chi connectivity index (χ0v) is 21.5. The fourth-order valence-corrected chi connectivity index (χ4v) is 5.68. The van der Waals surface area contributed by atoms with Crippen molar-refractivity contribution in [3.8, 4) is 21.8 Å². The second-order valence-corrected chi connectivity index (χ2v) is 10.4. The quantitative estimate of drug-likeness (QED) is 0.350. The molecule has 2 aromatic carbocycles. The number of aromatic amines is 1. The van der Waals surface area contributed by atoms with Crippen molar-refractivity contribution in [3.63, 3.8) is 0 Å². The van der Waals surface area contributed by atoms with Gasteiger partial charge in [0.15, 0.2) is 11.6 Å². The van der Waals surface area contributed by atoms with E-state index in [4.69, 9.17) is 14.7 Å². The van der Waals surface area contributed by atoms with Gasteiger partial charge in [0, 0.05) is 34.6 Å². The number of hydrogen-bond acceptors (Lipinski definition) is 8. The van der Waals surface area contributed by atoms with Crippen LogP contribution in [0.5, 0.6) is 0 Å². The van der Waals surface area contributed by atoms with E-state index < -0.39 is 0 Å². The van der Waals surface area contributed by atoms with Gasteiger partial charge in [0.25, 0.3) is 0 Å². The van der Waals surface area contributed by atoms with Crippen LogP contribution in [0, 0.1) is 0 Å². The van der Waals surface area contributed by atoms with Crippen LogP contribution in [-0.4, -0.2) is 77.9 Å². The Morgan fingerprint density at radius 3 is 2.81 bits per heavy atom. The maximum Gasteiger partial charge on any atom is 0.238 e. The number of nitrogens with zero attached hydrogens (tertiary/aromatic N) is 5. The van der Waals surface area contributed by atoms with E-state index in [2.05, 4.69) is 32.5 Å². The highest BCUT2D eigenvalue weighted by atomic mass is 32.1. The van der Waals surface area contributed by atoms with Crippen LogP contribution in [0.4, 0.5) is 11.5 Å². The molecule has 6 rings (SSSR count). The normalized spacial score (nSPS) is 14.1. The molecular weight excluding hydrogens is 486 g/mol. The highest BCUT2D eigenvalue weighted by molar-refractivity contribution is 7.22. The number of nitrogens with one attached hydrogen (secondary N) is 2. The molecule has 0 aliphatic carbocycles. The van der Waals surface area contributed by atoms with E-state index in [-0.39, 0.29) is 5.91 Å². The van der Waals surface area contributed by atoms with Crippen LogP contribution in [0.1, 0.15) is 0 Å². The fourth-order valence-electron chi connectivity index (χ4n) is 4.57. The van der Waals surface area contributed by atoms with E-state index in [1.54, 1.807) is 11.3 Å². The van der Waals surface area contributed by atoms with Crippen LogP contribution in [-0.2, 0) is 9.53 Å². The van der Waals surface area contributed by atoms with E-state index in [0.717, 1.165) is 61.7 Å². The molecule has 0 atom stereocenters. The number of fused-ring (bicyclic) bond motifs is 2. The summed E-state index contributed by atoms with van der Waals surface area (Å²) in [5.41, 5.74) is 4.59. The molecule has 10 heteroatoms. The summed E-state index contributed by atoms with van der Waals surface area (Å²) in [7, 11) is 3.75. The van der Waals surface area contributed by atoms with E-state index >= 15 is 0 Å². The Morgan fingerprint density at radius 2 is 1.97 bits per heavy atom. The summed E-state index contributed by atoms with van der Waals surface area (Å²) in [6.07, 6.45) is 1.82. The van der Waals surface area contributed by atoms with E-state index in [1.807, 2.05) is 61.6 Å². The molecular formula is C27H27N7O2S. The summed E-state index contributed by atoms with van der Waals surface area (Å²) in [6, 6.07) is 16.1. The van der Waals surface area contributed by atoms with Crippen LogP contribution in [0.3, 0.4) is 0 Å². The Balaban J connectivity index is 1.44. The smallest absolute Gasteiger partial charge is 0.238 e. The summed E-state index contributed by atoms with van der Waals surface area (Å²) in [5, 5.41) is 11.2. The summed E-state index contributed by atoms with van der Waals surface area (Å²) in [4.78, 5) is 27.6. The number of morpholine rings is 1. The highest BCUT2D eigenvalue weighted by Crippen LogP contribution is 2.40. The Labute approximate surface area is 218 Å². The van der Waals surface area contributed by atoms with Crippen molar-refractivity contribution in [2.24, 2.45) is 0 Å². The van der Waals surface area contributed by atoms with Crippen molar-refractivity contribution in [1.82, 2.24) is 25.1 Å². The molecule has 2 N–H and O–H groups in total. The number of H-pyrrole nitrogens is 1. The molecule has 1 saturated heterocycles. The second kappa shape index (κ2) is 9.89. The lowest BCUT2D eigenvalue weighted by molar-refractivity contribution is -0.116. The number of benzene rings is 2. The minimum Gasteiger partial charge on any atom is -0.378 e. The number of rotatable bonds is 6. The molecule has 1 amide bonds. The average Bonchev–Trinajstić information content (AvgIpc) is 3.55. The van der Waals surface area contributed by atoms with Crippen molar-refractivity contribution >= 4 is 49.9 Å². The first-order valence-corrected chi connectivity index (χ1v) is 13.0. The van der Waals surface area contributed by atoms with E-state index in [0.29, 0.717) is 25.6 Å². The molecule has 1 aliphatic rings. The van der Waals surface area contributed by atoms with Crippen LogP contribution in [0.15, 0.2) is 54.7 Å². The molecule has 1 aliphatic heterocycles. The van der Waals surface area contributed by atoms with Gasteiger partial charge in [-0.05, 0) is 43.9 Å². The van der Waals surface area contributed by atoms with Gasteiger partial charge in [0.05, 0.1) is 41.7 Å². The van der Waals surface area contributed by atoms with Crippen molar-refractivity contribution in [2.75, 3.05) is 57.2 Å². The molecule has 0 bridgehead atoms. The number of anilines is 2. The SMILES string of the molecule is CN(C)CC(=O)Nc1cccc(-c2cc3nc(-c4cccc5[nH]ncc45)nc(N4CCOCC4)c3s2)c1. The van der Waals surface area contributed by atoms with Gasteiger partial charge in [0.2, 0.25) is 5.91 Å². The predicted molar refractivity (Wildman–Crippen MR) is 148 cm³/mol. The van der Waals surface area contributed by atoms with E-state index in [9.17, 15) is 4.79 Å². The summed E-state index contributed by atoms with van der Waals surface area (Å²) >= 11 is 1.67. The highest BCUT2D eigenvalue weighted by Gasteiger charge is 2.21. The maximum atomic E-state index is 12.3. The molecule has 1 fully saturated rings. The Bertz CT molecular complexity index is 1590. The molecule has 5 aromatic rings. The lowest BCUT2D eigenvalue weighted by Gasteiger charge is -2.28. The van der Waals surface area contributed by atoms with Crippen molar-refractivity contribution in [2.45, 2.75) is 0 Å². The zero-order valence-electron chi connectivity index (χ0n) is 20.7. The van der Waals surface area contributed by atoms with Gasteiger partial charge in [-0.15, -0.1) is 11.3 Å². The molecule has 0 radical (unpaired) electrons. The van der Waals surface area contributed by atoms with Crippen LogP contribution < -0.4 is 10.2 Å². The Kier molecular flexibility index (Phi) is 6.29. The topological polar surface area (TPSA) is 99.3 Å². The summed E-state index contributed by atoms with van der Waals surface area (Å²) in [5.74, 6) is 1.56. The van der Waals surface area contributed by atoms with Crippen LogP contribution >= 0.6 is 11.3 Å². The van der Waals surface area contributed by atoms with Gasteiger partial charge in [-0.1, -0.05) is 24.3 Å². The average molecular weight is 514 g/mol. The molecule has 9 nitrogen and oxygen atoms in total. The Morgan fingerprint density at radius 1 is 1.14 bits per heavy atom. The largest absolute Gasteiger partial charge is 0.378 e. The van der Waals surface area contributed by atoms with Gasteiger partial charge in [-0.25, -0.2) is 9.97 Å². The van der Waals surface area contributed by atoms with Gasteiger partial charge in [0.1, 0.15) is 0 Å². The standard InChI is InChI=1S/C27H27N7O2S/c1-33(2)16-24(35)29-18-6-3-5-17(13-18)23-14-22-25(37-23)27(34-9-11-36-12-10-34)31-26(30-22)19-7-4-8-21-20(19)15-28-32-21/h3-8,13-15H,9-12,16H2,1-2H3,(H,28,32)(H,29,35). The summed E-state index contributed by atoms with van der Waals surface area (Å²) in [6.45, 7) is 3.23. The molecule has 4 heterocycles. The van der Waals surface area contributed by atoms with Gasteiger partial charge < -0.3 is 19.9 Å². The van der Waals surface area contributed by atoms with Gasteiger partial charge in [-0.2, -0.15) is 5.10 Å². The third-order valence-electron chi connectivity index (χ3n) is 6.28. The lowest BCUT2D eigenvalue weighted by Crippen LogP contribution is -2.36. The maximum absolute atomic E-state index is 12.3. The monoisotopic (exact) mass is 513 g/mol. The number of carbonyl (C=O) groups is 1. The first kappa shape index (κ1) is 23.5. The van der Waals surface area contributed by atoms with Gasteiger partial charge >= 0.3 is 0 Å². The Hall–Kier alpha value is -3.86. The molecule has 37 heavy (non-hydrogen) atoms. The molecule has 0 unspecified atom stereocenters. The predicted octanol–water partition coefficient (Wildman–Crippen LogP) is 4.24. The molecule has 0 saturated carbocycles. The fraction of sp³-hybridized carbons (Fsp3) is 0.259. The zero-order chi connectivity index (χ0) is 25.4.